The van der Waals surface area contributed by atoms with Gasteiger partial charge >= 0.3 is 6.01 Å². The second-order valence-corrected chi connectivity index (χ2v) is 9.24. The Balaban J connectivity index is 1.22. The summed E-state index contributed by atoms with van der Waals surface area (Å²) in [7, 11) is -3.59. The SMILES string of the molecule is O=C(CON=Cc1ccc(Oc2ncccn2)cc1)Nc1ccc(S(=O)(=O)N2CCOCC2)cc1. The van der Waals surface area contributed by atoms with Gasteiger partial charge in [-0.3, -0.25) is 4.79 Å². The number of morpholine rings is 1. The minimum Gasteiger partial charge on any atom is -0.424 e. The molecule has 3 aromatic rings. The molecule has 1 aromatic heterocycles. The Hall–Kier alpha value is -3.87. The molecule has 1 aliphatic rings. The number of nitrogens with one attached hydrogen (secondary N) is 1. The van der Waals surface area contributed by atoms with E-state index in [2.05, 4.69) is 20.4 Å². The minimum absolute atomic E-state index is 0.158. The van der Waals surface area contributed by atoms with Crippen LogP contribution < -0.4 is 10.1 Å². The molecule has 0 bridgehead atoms. The van der Waals surface area contributed by atoms with Crippen LogP contribution in [0.15, 0.2) is 77.0 Å². The minimum atomic E-state index is -3.59. The highest BCUT2D eigenvalue weighted by atomic mass is 32.2. The number of benzene rings is 2. The highest BCUT2D eigenvalue weighted by Gasteiger charge is 2.26. The number of oxime groups is 1. The average Bonchev–Trinajstić information content (AvgIpc) is 2.89. The summed E-state index contributed by atoms with van der Waals surface area (Å²) in [6.07, 6.45) is 4.63. The predicted molar refractivity (Wildman–Crippen MR) is 127 cm³/mol. The molecule has 0 atom stereocenters. The molecule has 0 saturated carbocycles. The molecule has 4 rings (SSSR count). The zero-order valence-corrected chi connectivity index (χ0v) is 19.4. The van der Waals surface area contributed by atoms with Gasteiger partial charge in [-0.15, -0.1) is 0 Å². The summed E-state index contributed by atoms with van der Waals surface area (Å²) < 4.78 is 37.4. The maximum atomic E-state index is 12.6. The number of carbonyl (C=O) groups excluding carboxylic acids is 1. The van der Waals surface area contributed by atoms with Gasteiger partial charge in [0, 0.05) is 31.2 Å². The van der Waals surface area contributed by atoms with E-state index in [0.717, 1.165) is 5.56 Å². The molecule has 2 heterocycles. The predicted octanol–water partition coefficient (Wildman–Crippen LogP) is 2.28. The molecule has 1 aliphatic heterocycles. The molecular weight excluding hydrogens is 474 g/mol. The number of amides is 1. The quantitative estimate of drug-likeness (QED) is 0.352. The largest absolute Gasteiger partial charge is 0.424 e. The number of hydrogen-bond donors (Lipinski definition) is 1. The maximum Gasteiger partial charge on any atom is 0.321 e. The molecule has 0 spiro atoms. The Labute approximate surface area is 202 Å². The topological polar surface area (TPSA) is 132 Å². The lowest BCUT2D eigenvalue weighted by atomic mass is 10.2. The molecule has 1 saturated heterocycles. The van der Waals surface area contributed by atoms with Crippen molar-refractivity contribution in [2.45, 2.75) is 4.90 Å². The Kier molecular flexibility index (Phi) is 7.98. The van der Waals surface area contributed by atoms with Gasteiger partial charge in [-0.05, 0) is 60.2 Å². The number of hydrogen-bond acceptors (Lipinski definition) is 9. The van der Waals surface area contributed by atoms with E-state index in [4.69, 9.17) is 14.3 Å². The number of anilines is 1. The lowest BCUT2D eigenvalue weighted by molar-refractivity contribution is -0.120. The second-order valence-electron chi connectivity index (χ2n) is 7.30. The molecule has 2 aromatic carbocycles. The molecular formula is C23H23N5O6S. The molecule has 0 aliphatic carbocycles. The van der Waals surface area contributed by atoms with Gasteiger partial charge in [-0.25, -0.2) is 18.4 Å². The normalized spacial score (nSPS) is 14.5. The lowest BCUT2D eigenvalue weighted by Crippen LogP contribution is -2.40. The van der Waals surface area contributed by atoms with Gasteiger partial charge in [0.05, 0.1) is 24.3 Å². The van der Waals surface area contributed by atoms with Crippen molar-refractivity contribution in [2.24, 2.45) is 5.16 Å². The Morgan fingerprint density at radius 1 is 1.06 bits per heavy atom. The van der Waals surface area contributed by atoms with Gasteiger partial charge < -0.3 is 19.6 Å². The van der Waals surface area contributed by atoms with Crippen molar-refractivity contribution in [1.29, 1.82) is 0 Å². The highest BCUT2D eigenvalue weighted by molar-refractivity contribution is 7.89. The first-order valence-corrected chi connectivity index (χ1v) is 12.1. The Morgan fingerprint density at radius 2 is 1.74 bits per heavy atom. The van der Waals surface area contributed by atoms with E-state index in [-0.39, 0.29) is 17.5 Å². The zero-order chi connectivity index (χ0) is 24.5. The molecule has 11 nitrogen and oxygen atoms in total. The van der Waals surface area contributed by atoms with Crippen molar-refractivity contribution in [3.63, 3.8) is 0 Å². The van der Waals surface area contributed by atoms with E-state index >= 15 is 0 Å². The van der Waals surface area contributed by atoms with Crippen LogP contribution in [0.25, 0.3) is 0 Å². The van der Waals surface area contributed by atoms with Gasteiger partial charge in [0.1, 0.15) is 5.75 Å². The van der Waals surface area contributed by atoms with E-state index in [9.17, 15) is 13.2 Å². The number of aromatic nitrogens is 2. The van der Waals surface area contributed by atoms with Gasteiger partial charge in [0.25, 0.3) is 5.91 Å². The lowest BCUT2D eigenvalue weighted by Gasteiger charge is -2.26. The standard InChI is InChI=1S/C23H23N5O6S/c29-22(27-19-4-8-21(9-5-19)35(30,31)28-12-14-32-15-13-28)17-33-26-16-18-2-6-20(7-3-18)34-23-24-10-1-11-25-23/h1-11,16H,12-15,17H2,(H,27,29). The first kappa shape index (κ1) is 24.3. The molecule has 0 radical (unpaired) electrons. The fraction of sp³-hybridized carbons (Fsp3) is 0.217. The van der Waals surface area contributed by atoms with Crippen molar-refractivity contribution < 1.29 is 27.5 Å². The number of ether oxygens (including phenoxy) is 2. The maximum absolute atomic E-state index is 12.6. The number of nitrogens with zero attached hydrogens (tertiary/aromatic N) is 4. The number of rotatable bonds is 9. The van der Waals surface area contributed by atoms with Gasteiger partial charge in [0.2, 0.25) is 10.0 Å². The van der Waals surface area contributed by atoms with Crippen LogP contribution in [-0.4, -0.2) is 67.7 Å². The third-order valence-electron chi connectivity index (χ3n) is 4.85. The van der Waals surface area contributed by atoms with E-state index < -0.39 is 15.9 Å². The second kappa shape index (κ2) is 11.5. The summed E-state index contributed by atoms with van der Waals surface area (Å²) >= 11 is 0. The van der Waals surface area contributed by atoms with Crippen molar-refractivity contribution in [2.75, 3.05) is 38.2 Å². The van der Waals surface area contributed by atoms with Crippen molar-refractivity contribution in [1.82, 2.24) is 14.3 Å². The zero-order valence-electron chi connectivity index (χ0n) is 18.6. The van der Waals surface area contributed by atoms with Gasteiger partial charge in [-0.2, -0.15) is 4.31 Å². The molecule has 1 N–H and O–H groups in total. The fourth-order valence-electron chi connectivity index (χ4n) is 3.10. The van der Waals surface area contributed by atoms with Gasteiger partial charge in [-0.1, -0.05) is 5.16 Å². The van der Waals surface area contributed by atoms with Crippen LogP contribution in [0.2, 0.25) is 0 Å². The summed E-state index contributed by atoms with van der Waals surface area (Å²) in [5, 5.41) is 6.42. The number of sulfonamides is 1. The fourth-order valence-corrected chi connectivity index (χ4v) is 4.51. The van der Waals surface area contributed by atoms with Crippen molar-refractivity contribution >= 4 is 27.8 Å². The third-order valence-corrected chi connectivity index (χ3v) is 6.76. The van der Waals surface area contributed by atoms with E-state index in [0.29, 0.717) is 37.7 Å². The molecule has 35 heavy (non-hydrogen) atoms. The van der Waals surface area contributed by atoms with Crippen LogP contribution in [0.3, 0.4) is 0 Å². The van der Waals surface area contributed by atoms with E-state index in [1.54, 1.807) is 42.7 Å². The average molecular weight is 498 g/mol. The van der Waals surface area contributed by atoms with Crippen LogP contribution >= 0.6 is 0 Å². The van der Waals surface area contributed by atoms with Crippen LogP contribution in [0.4, 0.5) is 5.69 Å². The molecule has 182 valence electrons. The molecule has 1 amide bonds. The van der Waals surface area contributed by atoms with Crippen LogP contribution in [0.5, 0.6) is 11.8 Å². The summed E-state index contributed by atoms with van der Waals surface area (Å²) in [4.78, 5) is 25.3. The summed E-state index contributed by atoms with van der Waals surface area (Å²) in [6.45, 7) is 1.08. The van der Waals surface area contributed by atoms with Gasteiger partial charge in [0.15, 0.2) is 6.61 Å². The third kappa shape index (κ3) is 6.82. The molecule has 12 heteroatoms. The van der Waals surface area contributed by atoms with Crippen LogP contribution in [-0.2, 0) is 24.4 Å². The monoisotopic (exact) mass is 497 g/mol. The summed E-state index contributed by atoms with van der Waals surface area (Å²) in [5.74, 6) is 0.134. The number of carbonyl (C=O) groups is 1. The van der Waals surface area contributed by atoms with Crippen molar-refractivity contribution in [3.05, 3.63) is 72.6 Å². The Bertz CT molecular complexity index is 1250. The smallest absolute Gasteiger partial charge is 0.321 e. The summed E-state index contributed by atoms with van der Waals surface area (Å²) in [6, 6.07) is 14.9. The summed E-state index contributed by atoms with van der Waals surface area (Å²) in [5.41, 5.74) is 1.19. The van der Waals surface area contributed by atoms with Crippen molar-refractivity contribution in [3.8, 4) is 11.8 Å². The molecule has 1 fully saturated rings. The van der Waals surface area contributed by atoms with E-state index in [1.165, 1.54) is 34.8 Å². The first-order chi connectivity index (χ1) is 17.0. The first-order valence-electron chi connectivity index (χ1n) is 10.7. The molecule has 0 unspecified atom stereocenters. The Morgan fingerprint density at radius 3 is 2.43 bits per heavy atom. The highest BCUT2D eigenvalue weighted by Crippen LogP contribution is 2.20. The van der Waals surface area contributed by atoms with Crippen LogP contribution in [0.1, 0.15) is 5.56 Å². The van der Waals surface area contributed by atoms with Crippen LogP contribution in [0, 0.1) is 0 Å². The van der Waals surface area contributed by atoms with E-state index in [1.807, 2.05) is 0 Å².